The van der Waals surface area contributed by atoms with Gasteiger partial charge in [-0.3, -0.25) is 0 Å². The lowest BCUT2D eigenvalue weighted by atomic mass is 10.0. The van der Waals surface area contributed by atoms with Crippen LogP contribution in [0.3, 0.4) is 0 Å². The van der Waals surface area contributed by atoms with Gasteiger partial charge in [0.2, 0.25) is 0 Å². The topological polar surface area (TPSA) is 31.2 Å². The van der Waals surface area contributed by atoms with Crippen molar-refractivity contribution in [3.8, 4) is 16.8 Å². The number of benzene rings is 6. The van der Waals surface area contributed by atoms with E-state index in [0.29, 0.717) is 0 Å². The van der Waals surface area contributed by atoms with Crippen LogP contribution in [0.4, 0.5) is 0 Å². The SMILES string of the molecule is Cc1ccc2c(c1)oc1ccc(-c3ccc4c(c3)oc3cc(-n5c6ccccc6c6ccccc65)ccc34)cc12. The Hall–Kier alpha value is -5.28. The summed E-state index contributed by atoms with van der Waals surface area (Å²) in [5, 5.41) is 7.03. The fourth-order valence-corrected chi connectivity index (χ4v) is 6.35. The van der Waals surface area contributed by atoms with Crippen LogP contribution in [-0.4, -0.2) is 4.57 Å². The third-order valence-corrected chi connectivity index (χ3v) is 8.26. The summed E-state index contributed by atoms with van der Waals surface area (Å²) in [5.74, 6) is 0. The molecule has 188 valence electrons. The van der Waals surface area contributed by atoms with Crippen LogP contribution in [0.1, 0.15) is 5.56 Å². The van der Waals surface area contributed by atoms with Gasteiger partial charge in [0, 0.05) is 44.1 Å². The zero-order valence-electron chi connectivity index (χ0n) is 21.8. The lowest BCUT2D eigenvalue weighted by Gasteiger charge is -2.07. The molecule has 0 radical (unpaired) electrons. The smallest absolute Gasteiger partial charge is 0.137 e. The zero-order chi connectivity index (χ0) is 26.4. The number of hydrogen-bond donors (Lipinski definition) is 0. The second-order valence-electron chi connectivity index (χ2n) is 10.7. The van der Waals surface area contributed by atoms with Crippen molar-refractivity contribution in [2.24, 2.45) is 0 Å². The number of aromatic nitrogens is 1. The average molecular weight is 514 g/mol. The highest BCUT2D eigenvalue weighted by molar-refractivity contribution is 6.11. The fraction of sp³-hybridized carbons (Fsp3) is 0.0270. The molecule has 9 rings (SSSR count). The quantitative estimate of drug-likeness (QED) is 0.230. The average Bonchev–Trinajstić information content (AvgIpc) is 3.64. The monoisotopic (exact) mass is 513 g/mol. The molecule has 0 N–H and O–H groups in total. The van der Waals surface area contributed by atoms with Gasteiger partial charge in [-0.2, -0.15) is 0 Å². The third kappa shape index (κ3) is 3.00. The number of fused-ring (bicyclic) bond motifs is 9. The Morgan fingerprint density at radius 1 is 0.425 bits per heavy atom. The Morgan fingerprint density at radius 2 is 1.00 bits per heavy atom. The number of hydrogen-bond acceptors (Lipinski definition) is 2. The summed E-state index contributed by atoms with van der Waals surface area (Å²) in [6, 6.07) is 43.0. The molecule has 0 aliphatic heterocycles. The summed E-state index contributed by atoms with van der Waals surface area (Å²) in [6.45, 7) is 2.09. The van der Waals surface area contributed by atoms with E-state index in [-0.39, 0.29) is 0 Å². The van der Waals surface area contributed by atoms with Crippen molar-refractivity contribution < 1.29 is 8.83 Å². The first kappa shape index (κ1) is 21.6. The van der Waals surface area contributed by atoms with Crippen LogP contribution in [0.25, 0.3) is 82.5 Å². The maximum Gasteiger partial charge on any atom is 0.137 e. The second-order valence-corrected chi connectivity index (χ2v) is 10.7. The van der Waals surface area contributed by atoms with Crippen LogP contribution >= 0.6 is 0 Å². The molecular formula is C37H23NO2. The summed E-state index contributed by atoms with van der Waals surface area (Å²) in [6.07, 6.45) is 0. The van der Waals surface area contributed by atoms with E-state index >= 15 is 0 Å². The van der Waals surface area contributed by atoms with E-state index in [4.69, 9.17) is 8.83 Å². The molecule has 3 heteroatoms. The van der Waals surface area contributed by atoms with E-state index in [1.807, 2.05) is 0 Å². The zero-order valence-corrected chi connectivity index (χ0v) is 21.8. The first-order chi connectivity index (χ1) is 19.7. The highest BCUT2D eigenvalue weighted by Crippen LogP contribution is 2.38. The van der Waals surface area contributed by atoms with Gasteiger partial charge >= 0.3 is 0 Å². The van der Waals surface area contributed by atoms with Gasteiger partial charge in [-0.25, -0.2) is 0 Å². The van der Waals surface area contributed by atoms with E-state index in [1.54, 1.807) is 0 Å². The minimum atomic E-state index is 0.887. The normalized spacial score (nSPS) is 12.1. The predicted octanol–water partition coefficient (Wildman–Crippen LogP) is 10.6. The Labute approximate surface area is 229 Å². The third-order valence-electron chi connectivity index (χ3n) is 8.26. The minimum Gasteiger partial charge on any atom is -0.456 e. The van der Waals surface area contributed by atoms with Crippen molar-refractivity contribution in [1.82, 2.24) is 4.57 Å². The van der Waals surface area contributed by atoms with Gasteiger partial charge in [-0.05, 0) is 78.2 Å². The Kier molecular flexibility index (Phi) is 4.26. The molecule has 0 aliphatic carbocycles. The molecular weight excluding hydrogens is 490 g/mol. The van der Waals surface area contributed by atoms with Crippen molar-refractivity contribution in [2.75, 3.05) is 0 Å². The number of nitrogens with zero attached hydrogens (tertiary/aromatic N) is 1. The fourth-order valence-electron chi connectivity index (χ4n) is 6.35. The Morgan fingerprint density at radius 3 is 1.80 bits per heavy atom. The highest BCUT2D eigenvalue weighted by Gasteiger charge is 2.15. The maximum absolute atomic E-state index is 6.50. The second kappa shape index (κ2) is 7.87. The summed E-state index contributed by atoms with van der Waals surface area (Å²) in [5.41, 5.74) is 10.6. The first-order valence-corrected chi connectivity index (χ1v) is 13.6. The molecule has 0 fully saturated rings. The van der Waals surface area contributed by atoms with E-state index in [1.165, 1.54) is 27.4 Å². The molecule has 6 aromatic carbocycles. The van der Waals surface area contributed by atoms with Crippen LogP contribution in [0.2, 0.25) is 0 Å². The summed E-state index contributed by atoms with van der Waals surface area (Å²) < 4.78 is 14.9. The van der Waals surface area contributed by atoms with Gasteiger partial charge in [-0.15, -0.1) is 0 Å². The molecule has 0 aliphatic rings. The summed E-state index contributed by atoms with van der Waals surface area (Å²) in [4.78, 5) is 0. The van der Waals surface area contributed by atoms with Crippen molar-refractivity contribution >= 4 is 65.7 Å². The molecule has 0 atom stereocenters. The highest BCUT2D eigenvalue weighted by atomic mass is 16.3. The lowest BCUT2D eigenvalue weighted by molar-refractivity contribution is 0.668. The minimum absolute atomic E-state index is 0.887. The summed E-state index contributed by atoms with van der Waals surface area (Å²) in [7, 11) is 0. The van der Waals surface area contributed by atoms with Crippen LogP contribution in [0, 0.1) is 6.92 Å². The van der Waals surface area contributed by atoms with Gasteiger partial charge in [0.1, 0.15) is 22.3 Å². The van der Waals surface area contributed by atoms with Crippen LogP contribution in [-0.2, 0) is 0 Å². The van der Waals surface area contributed by atoms with E-state index in [9.17, 15) is 0 Å². The van der Waals surface area contributed by atoms with Crippen molar-refractivity contribution in [1.29, 1.82) is 0 Å². The molecule has 0 amide bonds. The van der Waals surface area contributed by atoms with Gasteiger partial charge in [-0.1, -0.05) is 60.7 Å². The molecule has 3 aromatic heterocycles. The number of para-hydroxylation sites is 2. The molecule has 0 saturated carbocycles. The van der Waals surface area contributed by atoms with E-state index < -0.39 is 0 Å². The van der Waals surface area contributed by atoms with Crippen LogP contribution in [0.15, 0.2) is 130 Å². The van der Waals surface area contributed by atoms with E-state index in [0.717, 1.165) is 60.7 Å². The maximum atomic E-state index is 6.50. The molecule has 3 nitrogen and oxygen atoms in total. The molecule has 3 heterocycles. The number of furan rings is 2. The van der Waals surface area contributed by atoms with Crippen LogP contribution in [0.5, 0.6) is 0 Å². The molecule has 0 bridgehead atoms. The molecule has 9 aromatic rings. The molecule has 0 spiro atoms. The molecule has 0 saturated heterocycles. The van der Waals surface area contributed by atoms with Crippen LogP contribution < -0.4 is 0 Å². The standard InChI is InChI=1S/C37H23NO2/c1-22-10-14-30-31-19-23(12-17-34(31)39-35(30)18-22)24-11-15-28-29-16-13-25(21-37(29)40-36(28)20-24)38-32-8-4-2-6-26(32)27-7-3-5-9-33(27)38/h2-21H,1H3. The van der Waals surface area contributed by atoms with Gasteiger partial charge in [0.15, 0.2) is 0 Å². The Balaban J connectivity index is 1.20. The number of aryl methyl sites for hydroxylation is 1. The largest absolute Gasteiger partial charge is 0.456 e. The van der Waals surface area contributed by atoms with Crippen molar-refractivity contribution in [3.63, 3.8) is 0 Å². The van der Waals surface area contributed by atoms with Gasteiger partial charge in [0.25, 0.3) is 0 Å². The molecule has 40 heavy (non-hydrogen) atoms. The van der Waals surface area contributed by atoms with Crippen molar-refractivity contribution in [3.05, 3.63) is 127 Å². The predicted molar refractivity (Wildman–Crippen MR) is 166 cm³/mol. The van der Waals surface area contributed by atoms with E-state index in [2.05, 4.69) is 133 Å². The van der Waals surface area contributed by atoms with Crippen molar-refractivity contribution in [2.45, 2.75) is 6.92 Å². The van der Waals surface area contributed by atoms with Gasteiger partial charge in [0.05, 0.1) is 11.0 Å². The lowest BCUT2D eigenvalue weighted by Crippen LogP contribution is -1.93. The van der Waals surface area contributed by atoms with Gasteiger partial charge < -0.3 is 13.4 Å². The molecule has 0 unspecified atom stereocenters. The summed E-state index contributed by atoms with van der Waals surface area (Å²) >= 11 is 0. The number of rotatable bonds is 2. The first-order valence-electron chi connectivity index (χ1n) is 13.6. The Bertz CT molecular complexity index is 2400.